The summed E-state index contributed by atoms with van der Waals surface area (Å²) in [5, 5.41) is 11.8. The van der Waals surface area contributed by atoms with Crippen LogP contribution in [-0.4, -0.2) is 34.8 Å². The van der Waals surface area contributed by atoms with Gasteiger partial charge in [0.2, 0.25) is 5.91 Å². The number of carbonyl (C=O) groups is 2. The Kier molecular flexibility index (Phi) is 8.83. The molecule has 0 saturated heterocycles. The summed E-state index contributed by atoms with van der Waals surface area (Å²) in [5.74, 6) is 0.0903. The summed E-state index contributed by atoms with van der Waals surface area (Å²) in [4.78, 5) is 32.2. The lowest BCUT2D eigenvalue weighted by Gasteiger charge is -2.29. The van der Waals surface area contributed by atoms with Gasteiger partial charge in [-0.1, -0.05) is 44.2 Å². The summed E-state index contributed by atoms with van der Waals surface area (Å²) in [6.45, 7) is 7.49. The smallest absolute Gasteiger partial charge is 0.322 e. The first-order valence-corrected chi connectivity index (χ1v) is 12.1. The molecule has 0 bridgehead atoms. The molecule has 2 aromatic carbocycles. The van der Waals surface area contributed by atoms with Gasteiger partial charge in [-0.3, -0.25) is 4.79 Å². The Hall–Kier alpha value is -3.63. The minimum absolute atomic E-state index is 0.0164. The average molecular weight is 475 g/mol. The van der Waals surface area contributed by atoms with Gasteiger partial charge in [-0.15, -0.1) is 11.3 Å². The fraction of sp³-hybridized carbons (Fsp3) is 0.296. The molecule has 0 saturated carbocycles. The summed E-state index contributed by atoms with van der Waals surface area (Å²) in [6.07, 6.45) is 0. The largest absolute Gasteiger partial charge is 0.332 e. The lowest BCUT2D eigenvalue weighted by atomic mass is 10.2. The van der Waals surface area contributed by atoms with E-state index in [0.29, 0.717) is 30.9 Å². The van der Waals surface area contributed by atoms with Crippen molar-refractivity contribution < 1.29 is 9.59 Å². The number of amides is 3. The van der Waals surface area contributed by atoms with Gasteiger partial charge in [-0.2, -0.15) is 5.26 Å². The molecule has 0 aliphatic carbocycles. The standard InChI is InChI=1S/C27H30N4O2S/c1-20(2)16-31(27(33)29-24-12-10-22(15-28)11-13-24)19-26(32)30(17-23-7-5-4-6-8-23)18-25-14-9-21(3)34-25/h4-14,20H,16-19H2,1-3H3,(H,29,33). The first kappa shape index (κ1) is 25.0. The van der Waals surface area contributed by atoms with E-state index in [2.05, 4.69) is 30.4 Å². The Bertz CT molecular complexity index is 1130. The lowest BCUT2D eigenvalue weighted by molar-refractivity contribution is -0.133. The zero-order chi connectivity index (χ0) is 24.5. The summed E-state index contributed by atoms with van der Waals surface area (Å²) >= 11 is 1.67. The molecule has 1 N–H and O–H groups in total. The second-order valence-electron chi connectivity index (χ2n) is 8.64. The molecule has 176 valence electrons. The zero-order valence-electron chi connectivity index (χ0n) is 19.8. The first-order chi connectivity index (χ1) is 16.3. The molecule has 0 spiro atoms. The predicted molar refractivity (Wildman–Crippen MR) is 136 cm³/mol. The van der Waals surface area contributed by atoms with E-state index in [1.807, 2.05) is 49.1 Å². The van der Waals surface area contributed by atoms with E-state index in [4.69, 9.17) is 5.26 Å². The van der Waals surface area contributed by atoms with Crippen LogP contribution in [0.5, 0.6) is 0 Å². The topological polar surface area (TPSA) is 76.4 Å². The lowest BCUT2D eigenvalue weighted by Crippen LogP contribution is -2.45. The average Bonchev–Trinajstić information content (AvgIpc) is 3.23. The number of thiophene rings is 1. The van der Waals surface area contributed by atoms with E-state index in [9.17, 15) is 9.59 Å². The molecule has 3 amide bonds. The number of hydrogen-bond acceptors (Lipinski definition) is 4. The van der Waals surface area contributed by atoms with Gasteiger partial charge in [-0.25, -0.2) is 4.79 Å². The number of anilines is 1. The number of nitrogens with one attached hydrogen (secondary N) is 1. The van der Waals surface area contributed by atoms with E-state index in [1.165, 1.54) is 4.88 Å². The van der Waals surface area contributed by atoms with Crippen LogP contribution in [0, 0.1) is 24.2 Å². The summed E-state index contributed by atoms with van der Waals surface area (Å²) in [6, 6.07) is 22.4. The first-order valence-electron chi connectivity index (χ1n) is 11.3. The van der Waals surface area contributed by atoms with E-state index >= 15 is 0 Å². The maximum absolute atomic E-state index is 13.5. The predicted octanol–water partition coefficient (Wildman–Crippen LogP) is 5.65. The SMILES string of the molecule is Cc1ccc(CN(Cc2ccccc2)C(=O)CN(CC(C)C)C(=O)Nc2ccc(C#N)cc2)s1. The van der Waals surface area contributed by atoms with Crippen molar-refractivity contribution in [1.29, 1.82) is 5.26 Å². The van der Waals surface area contributed by atoms with E-state index in [1.54, 1.807) is 40.5 Å². The van der Waals surface area contributed by atoms with Crippen LogP contribution in [0.1, 0.15) is 34.7 Å². The molecular formula is C27H30N4O2S. The second-order valence-corrected chi connectivity index (χ2v) is 10.0. The Morgan fingerprint density at radius 2 is 1.68 bits per heavy atom. The number of nitriles is 1. The monoisotopic (exact) mass is 474 g/mol. The van der Waals surface area contributed by atoms with Crippen molar-refractivity contribution >= 4 is 29.0 Å². The third-order valence-corrected chi connectivity index (χ3v) is 6.16. The third kappa shape index (κ3) is 7.46. The Balaban J connectivity index is 1.75. The molecule has 0 aliphatic heterocycles. The van der Waals surface area contributed by atoms with Crippen molar-refractivity contribution in [3.63, 3.8) is 0 Å². The van der Waals surface area contributed by atoms with Crippen molar-refractivity contribution in [3.8, 4) is 6.07 Å². The number of urea groups is 1. The highest BCUT2D eigenvalue weighted by Crippen LogP contribution is 2.19. The molecule has 0 fully saturated rings. The van der Waals surface area contributed by atoms with Crippen LogP contribution in [-0.2, 0) is 17.9 Å². The van der Waals surface area contributed by atoms with Crippen LogP contribution < -0.4 is 5.32 Å². The Morgan fingerprint density at radius 3 is 2.26 bits per heavy atom. The van der Waals surface area contributed by atoms with Crippen molar-refractivity contribution in [3.05, 3.63) is 87.6 Å². The molecule has 0 atom stereocenters. The molecule has 7 heteroatoms. The molecule has 3 aromatic rings. The van der Waals surface area contributed by atoms with Gasteiger partial charge >= 0.3 is 6.03 Å². The van der Waals surface area contributed by atoms with Crippen LogP contribution in [0.25, 0.3) is 0 Å². The fourth-order valence-electron chi connectivity index (χ4n) is 3.55. The minimum Gasteiger partial charge on any atom is -0.332 e. The number of carbonyl (C=O) groups excluding carboxylic acids is 2. The van der Waals surface area contributed by atoms with Gasteiger partial charge in [0.05, 0.1) is 18.2 Å². The Labute approximate surface area is 205 Å². The number of aryl methyl sites for hydroxylation is 1. The highest BCUT2D eigenvalue weighted by atomic mass is 32.1. The van der Waals surface area contributed by atoms with Crippen LogP contribution in [0.3, 0.4) is 0 Å². The molecule has 3 rings (SSSR count). The fourth-order valence-corrected chi connectivity index (χ4v) is 4.45. The third-order valence-electron chi connectivity index (χ3n) is 5.18. The molecular weight excluding hydrogens is 444 g/mol. The van der Waals surface area contributed by atoms with Gasteiger partial charge in [0.15, 0.2) is 0 Å². The van der Waals surface area contributed by atoms with Crippen molar-refractivity contribution in [1.82, 2.24) is 9.80 Å². The van der Waals surface area contributed by atoms with Gasteiger partial charge < -0.3 is 15.1 Å². The van der Waals surface area contributed by atoms with Crippen LogP contribution >= 0.6 is 11.3 Å². The van der Waals surface area contributed by atoms with Crippen molar-refractivity contribution in [2.24, 2.45) is 5.92 Å². The number of benzene rings is 2. The summed E-state index contributed by atoms with van der Waals surface area (Å²) in [5.41, 5.74) is 2.15. The van der Waals surface area contributed by atoms with E-state index < -0.39 is 0 Å². The number of hydrogen-bond donors (Lipinski definition) is 1. The minimum atomic E-state index is -0.335. The molecule has 1 heterocycles. The van der Waals surface area contributed by atoms with Crippen LogP contribution in [0.2, 0.25) is 0 Å². The second kappa shape index (κ2) is 12.0. The maximum Gasteiger partial charge on any atom is 0.322 e. The summed E-state index contributed by atoms with van der Waals surface area (Å²) in [7, 11) is 0. The van der Waals surface area contributed by atoms with Crippen LogP contribution in [0.4, 0.5) is 10.5 Å². The normalized spacial score (nSPS) is 10.6. The molecule has 0 aliphatic rings. The van der Waals surface area contributed by atoms with Gasteiger partial charge in [0.1, 0.15) is 6.54 Å². The number of rotatable bonds is 9. The number of nitrogens with zero attached hydrogens (tertiary/aromatic N) is 3. The zero-order valence-corrected chi connectivity index (χ0v) is 20.6. The molecule has 0 unspecified atom stereocenters. The molecule has 6 nitrogen and oxygen atoms in total. The maximum atomic E-state index is 13.5. The van der Waals surface area contributed by atoms with Crippen molar-refractivity contribution in [2.45, 2.75) is 33.9 Å². The highest BCUT2D eigenvalue weighted by molar-refractivity contribution is 7.11. The van der Waals surface area contributed by atoms with E-state index in [-0.39, 0.29) is 24.4 Å². The van der Waals surface area contributed by atoms with Gasteiger partial charge in [0.25, 0.3) is 0 Å². The van der Waals surface area contributed by atoms with E-state index in [0.717, 1.165) is 10.4 Å². The van der Waals surface area contributed by atoms with Crippen LogP contribution in [0.15, 0.2) is 66.7 Å². The Morgan fingerprint density at radius 1 is 0.971 bits per heavy atom. The molecule has 0 radical (unpaired) electrons. The van der Waals surface area contributed by atoms with Gasteiger partial charge in [-0.05, 0) is 54.8 Å². The molecule has 1 aromatic heterocycles. The summed E-state index contributed by atoms with van der Waals surface area (Å²) < 4.78 is 0. The van der Waals surface area contributed by atoms with Gasteiger partial charge in [0, 0.05) is 28.5 Å². The quantitative estimate of drug-likeness (QED) is 0.436. The molecule has 34 heavy (non-hydrogen) atoms. The highest BCUT2D eigenvalue weighted by Gasteiger charge is 2.23. The van der Waals surface area contributed by atoms with Crippen molar-refractivity contribution in [2.75, 3.05) is 18.4 Å².